The summed E-state index contributed by atoms with van der Waals surface area (Å²) < 4.78 is 25.0. The summed E-state index contributed by atoms with van der Waals surface area (Å²) in [7, 11) is 5.57. The Morgan fingerprint density at radius 2 is 2.03 bits per heavy atom. The quantitative estimate of drug-likeness (QED) is 0.479. The third-order valence-electron chi connectivity index (χ3n) is 5.84. The second-order valence-corrected chi connectivity index (χ2v) is 9.56. The monoisotopic (exact) mass is 497 g/mol. The number of methoxy groups -OCH3 is 1. The van der Waals surface area contributed by atoms with Gasteiger partial charge in [0.05, 0.1) is 18.2 Å². The Morgan fingerprint density at radius 1 is 1.26 bits per heavy atom. The van der Waals surface area contributed by atoms with E-state index in [2.05, 4.69) is 28.9 Å². The van der Waals surface area contributed by atoms with Crippen LogP contribution in [0.15, 0.2) is 58.5 Å². The lowest BCUT2D eigenvalue weighted by Crippen LogP contribution is -2.32. The molecule has 3 aromatic rings. The molecule has 2 N–H and O–H groups in total. The van der Waals surface area contributed by atoms with Crippen molar-refractivity contribution in [3.63, 3.8) is 0 Å². The molecule has 35 heavy (non-hydrogen) atoms. The number of amides is 1. The Bertz CT molecular complexity index is 1190. The number of carbonyl (C=O) groups excluding carboxylic acids is 1. The molecule has 1 aliphatic rings. The zero-order chi connectivity index (χ0) is 24.9. The highest BCUT2D eigenvalue weighted by molar-refractivity contribution is 7.99. The first-order valence-corrected chi connectivity index (χ1v) is 12.0. The summed E-state index contributed by atoms with van der Waals surface area (Å²) in [4.78, 5) is 26.7. The topological polar surface area (TPSA) is 93.8 Å². The van der Waals surface area contributed by atoms with Gasteiger partial charge in [0, 0.05) is 29.6 Å². The van der Waals surface area contributed by atoms with Crippen LogP contribution in [0.5, 0.6) is 11.6 Å². The lowest BCUT2D eigenvalue weighted by molar-refractivity contribution is 0.1000. The zero-order valence-electron chi connectivity index (χ0n) is 19.9. The smallest absolute Gasteiger partial charge is 0.248 e. The fourth-order valence-corrected chi connectivity index (χ4v) is 4.60. The van der Waals surface area contributed by atoms with Gasteiger partial charge in [-0.2, -0.15) is 4.98 Å². The van der Waals surface area contributed by atoms with Crippen LogP contribution >= 0.6 is 11.8 Å². The van der Waals surface area contributed by atoms with Crippen molar-refractivity contribution >= 4 is 23.6 Å². The van der Waals surface area contributed by atoms with E-state index in [9.17, 15) is 9.18 Å². The van der Waals surface area contributed by atoms with Crippen molar-refractivity contribution < 1.29 is 18.7 Å². The highest BCUT2D eigenvalue weighted by Gasteiger charge is 2.26. The number of ether oxygens (including phenoxy) is 2. The lowest BCUT2D eigenvalue weighted by Gasteiger charge is -2.21. The van der Waals surface area contributed by atoms with Crippen LogP contribution in [0.2, 0.25) is 0 Å². The molecule has 0 spiro atoms. The van der Waals surface area contributed by atoms with E-state index in [1.165, 1.54) is 24.9 Å². The minimum atomic E-state index is -0.477. The standard InChI is InChI=1S/C25H28FN5O3S/c1-30(2)18-10-11-31(14-18)25-28-13-22(35-19-7-5-17(6-8-19)23(27)32)24(29-25)34-15-16-4-9-20(26)21(12-16)33-3/h4-9,12-13,18H,10-11,14-15H2,1-3H3,(H2,27,32). The van der Waals surface area contributed by atoms with Gasteiger partial charge >= 0.3 is 0 Å². The maximum Gasteiger partial charge on any atom is 0.248 e. The number of carbonyl (C=O) groups is 1. The summed E-state index contributed by atoms with van der Waals surface area (Å²) in [6, 6.07) is 12.0. The van der Waals surface area contributed by atoms with E-state index in [1.54, 1.807) is 30.5 Å². The molecule has 0 radical (unpaired) electrons. The molecular formula is C25H28FN5O3S. The third kappa shape index (κ3) is 6.01. The predicted molar refractivity (Wildman–Crippen MR) is 133 cm³/mol. The largest absolute Gasteiger partial charge is 0.494 e. The minimum Gasteiger partial charge on any atom is -0.494 e. The Hall–Kier alpha value is -3.37. The second kappa shape index (κ2) is 10.9. The average Bonchev–Trinajstić information content (AvgIpc) is 3.35. The molecule has 4 rings (SSSR count). The fraction of sp³-hybridized carbons (Fsp3) is 0.320. The average molecular weight is 498 g/mol. The van der Waals surface area contributed by atoms with E-state index >= 15 is 0 Å². The molecule has 0 saturated carbocycles. The summed E-state index contributed by atoms with van der Waals surface area (Å²) >= 11 is 1.42. The van der Waals surface area contributed by atoms with E-state index in [-0.39, 0.29) is 12.4 Å². The van der Waals surface area contributed by atoms with Gasteiger partial charge < -0.3 is 25.0 Å². The van der Waals surface area contributed by atoms with Gasteiger partial charge in [-0.3, -0.25) is 4.79 Å². The molecule has 2 aromatic carbocycles. The van der Waals surface area contributed by atoms with Crippen molar-refractivity contribution in [3.8, 4) is 11.6 Å². The normalized spacial score (nSPS) is 15.5. The van der Waals surface area contributed by atoms with Crippen molar-refractivity contribution in [1.82, 2.24) is 14.9 Å². The van der Waals surface area contributed by atoms with Crippen LogP contribution < -0.4 is 20.1 Å². The molecule has 1 unspecified atom stereocenters. The Kier molecular flexibility index (Phi) is 7.72. The maximum atomic E-state index is 13.8. The van der Waals surface area contributed by atoms with Gasteiger partial charge in [0.1, 0.15) is 6.61 Å². The van der Waals surface area contributed by atoms with Crippen molar-refractivity contribution in [2.75, 3.05) is 39.2 Å². The Morgan fingerprint density at radius 3 is 2.69 bits per heavy atom. The zero-order valence-corrected chi connectivity index (χ0v) is 20.7. The number of primary amides is 1. The van der Waals surface area contributed by atoms with Crippen LogP contribution in [0.3, 0.4) is 0 Å². The molecule has 184 valence electrons. The maximum absolute atomic E-state index is 13.8. The van der Waals surface area contributed by atoms with Gasteiger partial charge in [-0.25, -0.2) is 9.37 Å². The molecule has 1 atom stereocenters. The van der Waals surface area contributed by atoms with E-state index in [0.29, 0.717) is 23.4 Å². The predicted octanol–water partition coefficient (Wildman–Crippen LogP) is 3.59. The number of hydrogen-bond acceptors (Lipinski definition) is 8. The van der Waals surface area contributed by atoms with Gasteiger partial charge in [-0.15, -0.1) is 0 Å². The lowest BCUT2D eigenvalue weighted by atomic mass is 10.2. The van der Waals surface area contributed by atoms with Crippen molar-refractivity contribution in [3.05, 3.63) is 65.6 Å². The SMILES string of the molecule is COc1cc(COc2nc(N3CCC(N(C)C)C3)ncc2Sc2ccc(C(N)=O)cc2)ccc1F. The number of nitrogens with two attached hydrogens (primary N) is 1. The first-order chi connectivity index (χ1) is 16.8. The number of likely N-dealkylation sites (N-methyl/N-ethyl adjacent to an activating group) is 1. The van der Waals surface area contributed by atoms with Crippen LogP contribution in [-0.4, -0.2) is 61.1 Å². The summed E-state index contributed by atoms with van der Waals surface area (Å²) in [5.74, 6) is 0.283. The first-order valence-electron chi connectivity index (χ1n) is 11.2. The van der Waals surface area contributed by atoms with Crippen LogP contribution in [0.1, 0.15) is 22.3 Å². The Balaban J connectivity index is 1.58. The van der Waals surface area contributed by atoms with Crippen LogP contribution in [0.25, 0.3) is 0 Å². The molecule has 1 aliphatic heterocycles. The number of aromatic nitrogens is 2. The summed E-state index contributed by atoms with van der Waals surface area (Å²) in [6.45, 7) is 1.88. The molecule has 1 saturated heterocycles. The van der Waals surface area contributed by atoms with E-state index < -0.39 is 11.7 Å². The molecule has 1 amide bonds. The summed E-state index contributed by atoms with van der Waals surface area (Å²) in [5, 5.41) is 0. The number of benzene rings is 2. The third-order valence-corrected chi connectivity index (χ3v) is 6.85. The molecule has 1 aromatic heterocycles. The highest BCUT2D eigenvalue weighted by atomic mass is 32.2. The molecule has 8 nitrogen and oxygen atoms in total. The number of hydrogen-bond donors (Lipinski definition) is 1. The van der Waals surface area contributed by atoms with Crippen molar-refractivity contribution in [2.45, 2.75) is 28.9 Å². The van der Waals surface area contributed by atoms with E-state index in [4.69, 9.17) is 20.2 Å². The van der Waals surface area contributed by atoms with E-state index in [1.807, 2.05) is 12.1 Å². The molecule has 2 heterocycles. The molecular weight excluding hydrogens is 469 g/mol. The second-order valence-electron chi connectivity index (χ2n) is 8.44. The summed E-state index contributed by atoms with van der Waals surface area (Å²) in [6.07, 6.45) is 2.78. The van der Waals surface area contributed by atoms with Gasteiger partial charge in [-0.05, 0) is 62.5 Å². The van der Waals surface area contributed by atoms with Crippen LogP contribution in [0.4, 0.5) is 10.3 Å². The van der Waals surface area contributed by atoms with E-state index in [0.717, 1.165) is 34.9 Å². The van der Waals surface area contributed by atoms with Gasteiger partial charge in [0.15, 0.2) is 11.6 Å². The van der Waals surface area contributed by atoms with Crippen molar-refractivity contribution in [2.24, 2.45) is 5.73 Å². The number of rotatable bonds is 9. The Labute approximate surface area is 208 Å². The molecule has 0 bridgehead atoms. The fourth-order valence-electron chi connectivity index (χ4n) is 3.78. The van der Waals surface area contributed by atoms with Crippen molar-refractivity contribution in [1.29, 1.82) is 0 Å². The minimum absolute atomic E-state index is 0.158. The highest BCUT2D eigenvalue weighted by Crippen LogP contribution is 2.35. The molecule has 1 fully saturated rings. The van der Waals surface area contributed by atoms with Gasteiger partial charge in [-0.1, -0.05) is 17.8 Å². The number of nitrogens with zero attached hydrogens (tertiary/aromatic N) is 4. The molecule has 10 heteroatoms. The van der Waals surface area contributed by atoms with Crippen LogP contribution in [0, 0.1) is 5.82 Å². The first kappa shape index (κ1) is 24.7. The number of anilines is 1. The van der Waals surface area contributed by atoms with Crippen LogP contribution in [-0.2, 0) is 6.61 Å². The summed E-state index contributed by atoms with van der Waals surface area (Å²) in [5.41, 5.74) is 6.53. The molecule has 0 aliphatic carbocycles. The van der Waals surface area contributed by atoms with Gasteiger partial charge in [0.25, 0.3) is 0 Å². The number of halogens is 1. The van der Waals surface area contributed by atoms with Gasteiger partial charge in [0.2, 0.25) is 17.7 Å².